The van der Waals surface area contributed by atoms with E-state index in [9.17, 15) is 5.11 Å². The minimum absolute atomic E-state index is 0.102. The Hall–Kier alpha value is -3.68. The number of nitrogens with zero attached hydrogens (tertiary/aromatic N) is 4. The molecule has 1 N–H and O–H groups in total. The fourth-order valence-corrected chi connectivity index (χ4v) is 4.67. The van der Waals surface area contributed by atoms with Gasteiger partial charge in [-0.15, -0.1) is 0 Å². The third-order valence-electron chi connectivity index (χ3n) is 5.21. The van der Waals surface area contributed by atoms with E-state index >= 15 is 0 Å². The van der Waals surface area contributed by atoms with Gasteiger partial charge >= 0.3 is 0 Å². The summed E-state index contributed by atoms with van der Waals surface area (Å²) in [4.78, 5) is 9.62. The topological polar surface area (TPSA) is 70.3 Å². The number of benzene rings is 3. The van der Waals surface area contributed by atoms with E-state index < -0.39 is 0 Å². The molecule has 0 radical (unpaired) electrons. The number of aromatic nitrogens is 1. The Morgan fingerprint density at radius 3 is 2.76 bits per heavy atom. The number of hydrazone groups is 1. The lowest BCUT2D eigenvalue weighted by Gasteiger charge is -2.16. The van der Waals surface area contributed by atoms with Crippen molar-refractivity contribution in [1.29, 1.82) is 0 Å². The predicted octanol–water partition coefficient (Wildman–Crippen LogP) is 7.06. The van der Waals surface area contributed by atoms with Gasteiger partial charge in [0.2, 0.25) is 5.13 Å². The van der Waals surface area contributed by atoms with E-state index in [1.54, 1.807) is 17.1 Å². The molecule has 0 fully saturated rings. The summed E-state index contributed by atoms with van der Waals surface area (Å²) >= 11 is 7.79. The Bertz CT molecular complexity index is 1440. The summed E-state index contributed by atoms with van der Waals surface area (Å²) in [7, 11) is 0. The fourth-order valence-electron chi connectivity index (χ4n) is 3.65. The van der Waals surface area contributed by atoms with Crippen LogP contribution in [0.1, 0.15) is 19.4 Å². The first-order valence-electron chi connectivity index (χ1n) is 10.8. The van der Waals surface area contributed by atoms with Crippen molar-refractivity contribution in [2.24, 2.45) is 10.1 Å². The molecule has 3 aromatic carbocycles. The normalized spacial score (nSPS) is 16.0. The van der Waals surface area contributed by atoms with E-state index in [2.05, 4.69) is 4.98 Å². The van der Waals surface area contributed by atoms with Crippen molar-refractivity contribution < 1.29 is 9.84 Å². The Morgan fingerprint density at radius 1 is 1.12 bits per heavy atom. The number of para-hydroxylation sites is 1. The summed E-state index contributed by atoms with van der Waals surface area (Å²) in [6.07, 6.45) is 1.98. The van der Waals surface area contributed by atoms with Crippen molar-refractivity contribution in [3.8, 4) is 11.5 Å². The molecule has 0 aliphatic carbocycles. The van der Waals surface area contributed by atoms with Gasteiger partial charge in [-0.25, -0.2) is 9.99 Å². The number of hydrogen-bond donors (Lipinski definition) is 1. The number of anilines is 1. The van der Waals surface area contributed by atoms with Gasteiger partial charge in [0, 0.05) is 10.6 Å². The van der Waals surface area contributed by atoms with E-state index in [-0.39, 0.29) is 5.75 Å². The maximum atomic E-state index is 10.1. The van der Waals surface area contributed by atoms with Gasteiger partial charge in [-0.05, 0) is 68.0 Å². The summed E-state index contributed by atoms with van der Waals surface area (Å²) in [6.45, 7) is 4.28. The van der Waals surface area contributed by atoms with Crippen LogP contribution >= 0.6 is 22.9 Å². The smallest absolute Gasteiger partial charge is 0.212 e. The number of halogens is 1. The lowest BCUT2D eigenvalue weighted by molar-refractivity contribution is 0.318. The first-order chi connectivity index (χ1) is 16.5. The molecule has 2 heterocycles. The molecule has 1 aliphatic heterocycles. The van der Waals surface area contributed by atoms with Crippen LogP contribution in [0.25, 0.3) is 16.3 Å². The highest BCUT2D eigenvalue weighted by molar-refractivity contribution is 7.22. The second kappa shape index (κ2) is 9.29. The van der Waals surface area contributed by atoms with Gasteiger partial charge in [-0.1, -0.05) is 47.2 Å². The molecule has 4 aromatic rings. The van der Waals surface area contributed by atoms with E-state index in [4.69, 9.17) is 26.4 Å². The second-order valence-electron chi connectivity index (χ2n) is 7.59. The number of fused-ring (bicyclic) bond motifs is 1. The maximum absolute atomic E-state index is 10.1. The van der Waals surface area contributed by atoms with Crippen LogP contribution in [-0.4, -0.2) is 28.2 Å². The molecule has 170 valence electrons. The SMILES string of the molecule is CCOc1cc(/C=C2/C(C)=NN(c3cccc(Cl)c3)C2=Nc2nc3ccccc3s2)ccc1O. The van der Waals surface area contributed by atoms with Crippen molar-refractivity contribution >= 4 is 61.6 Å². The minimum atomic E-state index is 0.102. The average molecular weight is 489 g/mol. The van der Waals surface area contributed by atoms with Gasteiger partial charge in [0.05, 0.1) is 28.2 Å². The van der Waals surface area contributed by atoms with E-state index in [0.717, 1.165) is 32.8 Å². The van der Waals surface area contributed by atoms with Crippen LogP contribution in [0.3, 0.4) is 0 Å². The van der Waals surface area contributed by atoms with Gasteiger partial charge in [0.15, 0.2) is 17.3 Å². The van der Waals surface area contributed by atoms with Crippen LogP contribution in [0.15, 0.2) is 82.4 Å². The lowest BCUT2D eigenvalue weighted by Crippen LogP contribution is -2.21. The Labute approximate surface area is 206 Å². The van der Waals surface area contributed by atoms with Crippen LogP contribution in [0.2, 0.25) is 5.02 Å². The zero-order valence-electron chi connectivity index (χ0n) is 18.6. The van der Waals surface area contributed by atoms with Crippen LogP contribution in [0.4, 0.5) is 10.8 Å². The molecule has 5 rings (SSSR count). The van der Waals surface area contributed by atoms with Gasteiger partial charge in [0.25, 0.3) is 0 Å². The zero-order chi connectivity index (χ0) is 23.7. The standard InChI is InChI=1S/C26H21ClN4O2S/c1-3-33-23-14-17(11-12-22(23)32)13-20-16(2)30-31(19-8-6-7-18(27)15-19)25(20)29-26-28-21-9-4-5-10-24(21)34-26/h4-15,32H,3H2,1-2H3/b20-13-,29-25?. The molecule has 0 bridgehead atoms. The van der Waals surface area contributed by atoms with Crippen molar-refractivity contribution in [2.75, 3.05) is 11.6 Å². The summed E-state index contributed by atoms with van der Waals surface area (Å²) < 4.78 is 6.62. The molecule has 8 heteroatoms. The largest absolute Gasteiger partial charge is 0.504 e. The first kappa shape index (κ1) is 22.1. The summed E-state index contributed by atoms with van der Waals surface area (Å²) in [6, 6.07) is 20.7. The molecule has 34 heavy (non-hydrogen) atoms. The van der Waals surface area contributed by atoms with E-state index in [1.165, 1.54) is 11.3 Å². The number of hydrogen-bond acceptors (Lipinski definition) is 6. The number of amidine groups is 1. The first-order valence-corrected chi connectivity index (χ1v) is 11.9. The van der Waals surface area contributed by atoms with E-state index in [0.29, 0.717) is 28.3 Å². The highest BCUT2D eigenvalue weighted by Crippen LogP contribution is 2.34. The van der Waals surface area contributed by atoms with Gasteiger partial charge in [-0.2, -0.15) is 10.1 Å². The molecule has 0 amide bonds. The number of rotatable bonds is 5. The Balaban J connectivity index is 1.64. The fraction of sp³-hybridized carbons (Fsp3) is 0.115. The molecule has 0 saturated carbocycles. The Morgan fingerprint density at radius 2 is 1.97 bits per heavy atom. The van der Waals surface area contributed by atoms with Crippen LogP contribution in [0, 0.1) is 0 Å². The summed E-state index contributed by atoms with van der Waals surface area (Å²) in [5, 5.41) is 17.9. The van der Waals surface area contributed by atoms with Crippen LogP contribution in [-0.2, 0) is 0 Å². The van der Waals surface area contributed by atoms with E-state index in [1.807, 2.05) is 74.5 Å². The number of aromatic hydroxyl groups is 1. The second-order valence-corrected chi connectivity index (χ2v) is 9.04. The molecule has 1 aliphatic rings. The van der Waals surface area contributed by atoms with Crippen LogP contribution < -0.4 is 9.75 Å². The van der Waals surface area contributed by atoms with Gasteiger partial charge < -0.3 is 9.84 Å². The number of aliphatic imine (C=N–C) groups is 1. The third-order valence-corrected chi connectivity index (χ3v) is 6.38. The summed E-state index contributed by atoms with van der Waals surface area (Å²) in [5.74, 6) is 1.18. The number of phenolic OH excluding ortho intramolecular Hbond substituents is 1. The third kappa shape index (κ3) is 4.40. The molecular weight excluding hydrogens is 468 g/mol. The van der Waals surface area contributed by atoms with Crippen molar-refractivity contribution in [3.05, 3.63) is 82.9 Å². The Kier molecular flexibility index (Phi) is 6.04. The van der Waals surface area contributed by atoms with Crippen molar-refractivity contribution in [1.82, 2.24) is 4.98 Å². The lowest BCUT2D eigenvalue weighted by atomic mass is 10.1. The molecule has 0 atom stereocenters. The molecule has 1 aromatic heterocycles. The molecule has 6 nitrogen and oxygen atoms in total. The van der Waals surface area contributed by atoms with Gasteiger partial charge in [-0.3, -0.25) is 0 Å². The number of ether oxygens (including phenoxy) is 1. The minimum Gasteiger partial charge on any atom is -0.504 e. The summed E-state index contributed by atoms with van der Waals surface area (Å²) in [5.41, 5.74) is 4.20. The number of thiazole rings is 1. The van der Waals surface area contributed by atoms with Crippen molar-refractivity contribution in [3.63, 3.8) is 0 Å². The van der Waals surface area contributed by atoms with Gasteiger partial charge in [0.1, 0.15) is 0 Å². The average Bonchev–Trinajstić information content (AvgIpc) is 3.37. The van der Waals surface area contributed by atoms with Crippen LogP contribution in [0.5, 0.6) is 11.5 Å². The highest BCUT2D eigenvalue weighted by atomic mass is 35.5. The molecule has 0 spiro atoms. The monoisotopic (exact) mass is 488 g/mol. The van der Waals surface area contributed by atoms with Crippen molar-refractivity contribution in [2.45, 2.75) is 13.8 Å². The predicted molar refractivity (Wildman–Crippen MR) is 141 cm³/mol. The molecule has 0 unspecified atom stereocenters. The maximum Gasteiger partial charge on any atom is 0.212 e. The zero-order valence-corrected chi connectivity index (χ0v) is 20.1. The number of phenols is 1. The molecular formula is C26H21ClN4O2S. The highest BCUT2D eigenvalue weighted by Gasteiger charge is 2.28. The quantitative estimate of drug-likeness (QED) is 0.326. The molecule has 0 saturated heterocycles.